The second kappa shape index (κ2) is 9.89. The fraction of sp³-hybridized carbons (Fsp3) is 0.438. The van der Waals surface area contributed by atoms with Crippen LogP contribution in [0.3, 0.4) is 0 Å². The van der Waals surface area contributed by atoms with E-state index in [0.29, 0.717) is 13.0 Å². The van der Waals surface area contributed by atoms with Crippen LogP contribution in [0.15, 0.2) is 29.4 Å². The largest absolute Gasteiger partial charge is 0.375 e. The Labute approximate surface area is 141 Å². The fourth-order valence-corrected chi connectivity index (χ4v) is 2.21. The number of benzene rings is 1. The van der Waals surface area contributed by atoms with Crippen molar-refractivity contribution in [1.29, 1.82) is 0 Å². The lowest BCUT2D eigenvalue weighted by Crippen LogP contribution is -2.31. The zero-order valence-electron chi connectivity index (χ0n) is 13.5. The number of halogens is 1. The number of rotatable bonds is 8. The van der Waals surface area contributed by atoms with Crippen LogP contribution < -0.4 is 11.2 Å². The molecular formula is C16H23FN4OS. The summed E-state index contributed by atoms with van der Waals surface area (Å²) >= 11 is 4.75. The Morgan fingerprint density at radius 3 is 2.52 bits per heavy atom. The van der Waals surface area contributed by atoms with Gasteiger partial charge in [-0.25, -0.2) is 4.39 Å². The Kier molecular flexibility index (Phi) is 8.18. The van der Waals surface area contributed by atoms with Gasteiger partial charge in [0.15, 0.2) is 5.11 Å². The Balaban J connectivity index is 2.74. The summed E-state index contributed by atoms with van der Waals surface area (Å²) in [5, 5.41) is 4.26. The van der Waals surface area contributed by atoms with Crippen molar-refractivity contribution in [3.8, 4) is 0 Å². The number of hydrazone groups is 1. The molecule has 0 spiro atoms. The Hall–Kier alpha value is -2.02. The van der Waals surface area contributed by atoms with Crippen LogP contribution in [0.2, 0.25) is 0 Å². The van der Waals surface area contributed by atoms with Gasteiger partial charge in [0.05, 0.1) is 5.71 Å². The summed E-state index contributed by atoms with van der Waals surface area (Å²) in [4.78, 5) is 13.3. The maximum Gasteiger partial charge on any atom is 0.219 e. The molecule has 0 atom stereocenters. The van der Waals surface area contributed by atoms with E-state index in [1.54, 1.807) is 19.1 Å². The topological polar surface area (TPSA) is 70.7 Å². The van der Waals surface area contributed by atoms with Crippen LogP contribution in [0.25, 0.3) is 0 Å². The van der Waals surface area contributed by atoms with E-state index in [2.05, 4.69) is 10.5 Å². The van der Waals surface area contributed by atoms with E-state index in [0.717, 1.165) is 30.7 Å². The molecule has 3 N–H and O–H groups in total. The molecule has 1 rings (SSSR count). The predicted octanol–water partition coefficient (Wildman–Crippen LogP) is 2.40. The lowest BCUT2D eigenvalue weighted by molar-refractivity contribution is -0.128. The first-order chi connectivity index (χ1) is 10.9. The first-order valence-electron chi connectivity index (χ1n) is 7.57. The van der Waals surface area contributed by atoms with Gasteiger partial charge in [0.25, 0.3) is 0 Å². The van der Waals surface area contributed by atoms with E-state index in [1.165, 1.54) is 12.1 Å². The Morgan fingerprint density at radius 2 is 2.00 bits per heavy atom. The summed E-state index contributed by atoms with van der Waals surface area (Å²) in [6.07, 6.45) is 2.28. The Bertz CT molecular complexity index is 560. The van der Waals surface area contributed by atoms with E-state index in [1.807, 2.05) is 11.8 Å². The second-order valence-corrected chi connectivity index (χ2v) is 5.59. The molecule has 0 saturated heterocycles. The summed E-state index contributed by atoms with van der Waals surface area (Å²) in [6, 6.07) is 6.07. The molecule has 0 aromatic heterocycles. The average Bonchev–Trinajstić information content (AvgIpc) is 2.50. The normalized spacial score (nSPS) is 11.2. The lowest BCUT2D eigenvalue weighted by atomic mass is 10.1. The minimum atomic E-state index is -0.305. The van der Waals surface area contributed by atoms with Crippen molar-refractivity contribution >= 4 is 28.9 Å². The van der Waals surface area contributed by atoms with Crippen LogP contribution in [0, 0.1) is 5.82 Å². The van der Waals surface area contributed by atoms with Crippen LogP contribution in [0.1, 0.15) is 38.7 Å². The molecule has 7 heteroatoms. The van der Waals surface area contributed by atoms with E-state index in [-0.39, 0.29) is 16.8 Å². The average molecular weight is 338 g/mol. The van der Waals surface area contributed by atoms with E-state index in [4.69, 9.17) is 18.0 Å². The molecule has 0 bridgehead atoms. The maximum atomic E-state index is 13.1. The summed E-state index contributed by atoms with van der Waals surface area (Å²) in [7, 11) is 0. The number of carbonyl (C=O) groups excluding carboxylic acids is 1. The number of carbonyl (C=O) groups is 1. The summed E-state index contributed by atoms with van der Waals surface area (Å²) in [5.41, 5.74) is 9.48. The van der Waals surface area contributed by atoms with Crippen LogP contribution in [0.4, 0.5) is 4.39 Å². The van der Waals surface area contributed by atoms with Crippen molar-refractivity contribution in [3.63, 3.8) is 0 Å². The maximum absolute atomic E-state index is 13.1. The van der Waals surface area contributed by atoms with Crippen LogP contribution >= 0.6 is 12.2 Å². The third-order valence-corrected chi connectivity index (χ3v) is 3.35. The molecule has 0 heterocycles. The highest BCUT2D eigenvalue weighted by molar-refractivity contribution is 7.80. The zero-order valence-corrected chi connectivity index (χ0v) is 14.3. The number of thiocarbonyl (C=S) groups is 1. The number of amides is 1. The quantitative estimate of drug-likeness (QED) is 0.434. The van der Waals surface area contributed by atoms with Crippen molar-refractivity contribution in [1.82, 2.24) is 10.3 Å². The van der Waals surface area contributed by atoms with Gasteiger partial charge in [0.2, 0.25) is 5.91 Å². The third kappa shape index (κ3) is 7.19. The zero-order chi connectivity index (χ0) is 17.2. The molecule has 1 aromatic rings. The minimum Gasteiger partial charge on any atom is -0.375 e. The molecule has 0 aliphatic heterocycles. The fourth-order valence-electron chi connectivity index (χ4n) is 2.16. The van der Waals surface area contributed by atoms with E-state index >= 15 is 0 Å². The highest BCUT2D eigenvalue weighted by atomic mass is 32.1. The lowest BCUT2D eigenvalue weighted by Gasteiger charge is -2.20. The number of nitrogens with two attached hydrogens (primary N) is 1. The smallest absolute Gasteiger partial charge is 0.219 e. The van der Waals surface area contributed by atoms with Crippen LogP contribution in [-0.4, -0.2) is 34.7 Å². The number of nitrogens with zero attached hydrogens (tertiary/aromatic N) is 2. The molecule has 23 heavy (non-hydrogen) atoms. The molecule has 0 aliphatic rings. The van der Waals surface area contributed by atoms with Crippen molar-refractivity contribution in [2.75, 3.05) is 13.1 Å². The van der Waals surface area contributed by atoms with Crippen molar-refractivity contribution in [2.45, 2.75) is 33.1 Å². The van der Waals surface area contributed by atoms with Crippen molar-refractivity contribution in [3.05, 3.63) is 35.6 Å². The molecule has 0 saturated carbocycles. The SMILES string of the molecule is CCCN(CCCC(=NNC(N)=S)c1ccc(F)cc1)C(C)=O. The van der Waals surface area contributed by atoms with Gasteiger partial charge in [-0.2, -0.15) is 5.10 Å². The molecule has 0 radical (unpaired) electrons. The standard InChI is InChI=1S/C16H23FN4OS/c1-3-10-21(12(2)22)11-4-5-15(19-20-16(18)23)13-6-8-14(17)9-7-13/h6-9H,3-5,10-11H2,1-2H3,(H3,18,20,23). The highest BCUT2D eigenvalue weighted by Gasteiger charge is 2.09. The summed E-state index contributed by atoms with van der Waals surface area (Å²) < 4.78 is 13.1. The Morgan fingerprint density at radius 1 is 1.35 bits per heavy atom. The van der Waals surface area contributed by atoms with Gasteiger partial charge in [-0.3, -0.25) is 10.2 Å². The molecular weight excluding hydrogens is 315 g/mol. The van der Waals surface area contributed by atoms with E-state index < -0.39 is 0 Å². The summed E-state index contributed by atoms with van der Waals surface area (Å²) in [6.45, 7) is 4.99. The number of hydrogen-bond donors (Lipinski definition) is 2. The van der Waals surface area contributed by atoms with Gasteiger partial charge in [0, 0.05) is 20.0 Å². The number of hydrogen-bond acceptors (Lipinski definition) is 3. The third-order valence-electron chi connectivity index (χ3n) is 3.26. The van der Waals surface area contributed by atoms with Crippen molar-refractivity contribution < 1.29 is 9.18 Å². The molecule has 0 fully saturated rings. The van der Waals surface area contributed by atoms with Gasteiger partial charge in [-0.05, 0) is 49.2 Å². The molecule has 0 unspecified atom stereocenters. The van der Waals surface area contributed by atoms with E-state index in [9.17, 15) is 9.18 Å². The minimum absolute atomic E-state index is 0.0633. The molecule has 1 amide bonds. The second-order valence-electron chi connectivity index (χ2n) is 5.15. The van der Waals surface area contributed by atoms with Gasteiger partial charge in [-0.1, -0.05) is 19.1 Å². The number of nitrogens with one attached hydrogen (secondary N) is 1. The van der Waals surface area contributed by atoms with Crippen LogP contribution in [-0.2, 0) is 4.79 Å². The molecule has 5 nitrogen and oxygen atoms in total. The van der Waals surface area contributed by atoms with Crippen molar-refractivity contribution in [2.24, 2.45) is 10.8 Å². The van der Waals surface area contributed by atoms with Gasteiger partial charge in [0.1, 0.15) is 5.82 Å². The monoisotopic (exact) mass is 338 g/mol. The molecule has 0 aliphatic carbocycles. The van der Waals surface area contributed by atoms with Crippen LogP contribution in [0.5, 0.6) is 0 Å². The first kappa shape index (κ1) is 19.0. The highest BCUT2D eigenvalue weighted by Crippen LogP contribution is 2.09. The summed E-state index contributed by atoms with van der Waals surface area (Å²) in [5.74, 6) is -0.241. The van der Waals surface area contributed by atoms with Gasteiger partial charge in [-0.15, -0.1) is 0 Å². The molecule has 126 valence electrons. The first-order valence-corrected chi connectivity index (χ1v) is 7.98. The van der Waals surface area contributed by atoms with Gasteiger partial charge >= 0.3 is 0 Å². The molecule has 1 aromatic carbocycles. The van der Waals surface area contributed by atoms with Gasteiger partial charge < -0.3 is 10.6 Å². The predicted molar refractivity (Wildman–Crippen MR) is 94.6 cm³/mol.